The van der Waals surface area contributed by atoms with Crippen LogP contribution in [0, 0.1) is 0 Å². The largest absolute Gasteiger partial charge is 0.379 e. The molecule has 4 atom stereocenters. The number of aliphatic imine (C=N–C) groups is 1. The quantitative estimate of drug-likeness (QED) is 0.551. The van der Waals surface area contributed by atoms with E-state index in [1.165, 1.54) is 48.7 Å². The fraction of sp³-hybridized carbons (Fsp3) is 0.640. The van der Waals surface area contributed by atoms with Gasteiger partial charge < -0.3 is 16.5 Å². The highest BCUT2D eigenvalue weighted by Crippen LogP contribution is 2.37. The Morgan fingerprint density at radius 3 is 2.85 bits per heavy atom. The molecular formula is C25H39N7S. The van der Waals surface area contributed by atoms with Gasteiger partial charge in [-0.2, -0.15) is 0 Å². The lowest BCUT2D eigenvalue weighted by molar-refractivity contribution is 0.0779. The monoisotopic (exact) mass is 469 g/mol. The fourth-order valence-electron chi connectivity index (χ4n) is 5.81. The van der Waals surface area contributed by atoms with Gasteiger partial charge in [-0.3, -0.25) is 19.7 Å². The first kappa shape index (κ1) is 23.2. The average molecular weight is 470 g/mol. The van der Waals surface area contributed by atoms with E-state index in [0.717, 1.165) is 44.4 Å². The van der Waals surface area contributed by atoms with E-state index in [-0.39, 0.29) is 6.17 Å². The molecule has 3 heterocycles. The topological polar surface area (TPSA) is 89.9 Å². The highest BCUT2D eigenvalue weighted by atomic mass is 32.2. The number of aromatic amines is 1. The average Bonchev–Trinajstić information content (AvgIpc) is 3.46. The standard InChI is InChI=1S/C25H39N7S/c1-2-9-31(20-4-6-22-23(17-20)33-25(27)29-22)13-10-30-11-14-32(15-12-30)24(26)19-3-5-21-18(16-19)7-8-28-21/h3,5,7-8,16,20,22-24,28H,2,4,6,9-15,17,26H2,1H3,(H2,27,29). The molecule has 3 aliphatic rings. The molecule has 0 bridgehead atoms. The first-order valence-electron chi connectivity index (χ1n) is 12.6. The Bertz CT molecular complexity index is 951. The van der Waals surface area contributed by atoms with E-state index in [0.29, 0.717) is 17.3 Å². The maximum absolute atomic E-state index is 6.66. The lowest BCUT2D eigenvalue weighted by atomic mass is 9.90. The van der Waals surface area contributed by atoms with Gasteiger partial charge in [-0.15, -0.1) is 0 Å². The fourth-order valence-corrected chi connectivity index (χ4v) is 6.99. The molecule has 180 valence electrons. The minimum Gasteiger partial charge on any atom is -0.379 e. The van der Waals surface area contributed by atoms with Crippen LogP contribution in [0.15, 0.2) is 35.5 Å². The van der Waals surface area contributed by atoms with E-state index >= 15 is 0 Å². The van der Waals surface area contributed by atoms with E-state index in [1.807, 2.05) is 18.0 Å². The van der Waals surface area contributed by atoms with E-state index in [9.17, 15) is 0 Å². The predicted octanol–water partition coefficient (Wildman–Crippen LogP) is 2.81. The lowest BCUT2D eigenvalue weighted by Crippen LogP contribution is -2.52. The molecule has 1 aromatic heterocycles. The summed E-state index contributed by atoms with van der Waals surface area (Å²) in [5, 5.41) is 2.63. The Hall–Kier alpha value is -1.58. The molecule has 1 aromatic carbocycles. The molecule has 7 nitrogen and oxygen atoms in total. The predicted molar refractivity (Wildman–Crippen MR) is 140 cm³/mol. The number of amidine groups is 1. The summed E-state index contributed by atoms with van der Waals surface area (Å²) in [5.74, 6) is 0. The number of fused-ring (bicyclic) bond motifs is 2. The number of nitrogens with two attached hydrogens (primary N) is 2. The van der Waals surface area contributed by atoms with E-state index in [4.69, 9.17) is 11.5 Å². The van der Waals surface area contributed by atoms with Crippen molar-refractivity contribution in [1.29, 1.82) is 0 Å². The number of thioether (sulfide) groups is 1. The summed E-state index contributed by atoms with van der Waals surface area (Å²) < 4.78 is 0. The maximum Gasteiger partial charge on any atom is 0.154 e. The van der Waals surface area contributed by atoms with Crippen LogP contribution in [0.2, 0.25) is 0 Å². The van der Waals surface area contributed by atoms with Gasteiger partial charge in [0.15, 0.2) is 5.17 Å². The first-order chi connectivity index (χ1) is 16.1. The highest BCUT2D eigenvalue weighted by Gasteiger charge is 2.37. The molecule has 1 saturated heterocycles. The van der Waals surface area contributed by atoms with Crippen molar-refractivity contribution in [3.05, 3.63) is 36.0 Å². The minimum atomic E-state index is -0.0307. The smallest absolute Gasteiger partial charge is 0.154 e. The van der Waals surface area contributed by atoms with Crippen molar-refractivity contribution in [2.24, 2.45) is 16.5 Å². The van der Waals surface area contributed by atoms with Crippen molar-refractivity contribution in [2.75, 3.05) is 45.8 Å². The Morgan fingerprint density at radius 2 is 2.03 bits per heavy atom. The van der Waals surface area contributed by atoms with E-state index in [2.05, 4.69) is 55.9 Å². The molecule has 1 saturated carbocycles. The Kier molecular flexibility index (Phi) is 7.27. The molecule has 8 heteroatoms. The second-order valence-corrected chi connectivity index (χ2v) is 11.1. The number of hydrogen-bond donors (Lipinski definition) is 3. The number of benzene rings is 1. The number of piperazine rings is 1. The Morgan fingerprint density at radius 1 is 1.18 bits per heavy atom. The molecule has 1 aliphatic carbocycles. The normalized spacial score (nSPS) is 27.7. The number of rotatable bonds is 8. The molecule has 2 aromatic rings. The number of aromatic nitrogens is 1. The van der Waals surface area contributed by atoms with Crippen LogP contribution >= 0.6 is 11.8 Å². The minimum absolute atomic E-state index is 0.0307. The van der Waals surface area contributed by atoms with Crippen LogP contribution in [0.25, 0.3) is 10.9 Å². The summed E-state index contributed by atoms with van der Waals surface area (Å²) in [7, 11) is 0. The number of nitrogens with zero attached hydrogens (tertiary/aromatic N) is 4. The van der Waals surface area contributed by atoms with Gasteiger partial charge >= 0.3 is 0 Å². The molecule has 0 amide bonds. The van der Waals surface area contributed by atoms with Crippen LogP contribution in [-0.2, 0) is 0 Å². The second-order valence-electron chi connectivity index (χ2n) is 9.84. The van der Waals surface area contributed by atoms with Gasteiger partial charge in [0, 0.05) is 62.3 Å². The molecule has 0 radical (unpaired) electrons. The van der Waals surface area contributed by atoms with Crippen LogP contribution in [0.1, 0.15) is 44.3 Å². The molecule has 5 N–H and O–H groups in total. The summed E-state index contributed by atoms with van der Waals surface area (Å²) >= 11 is 1.81. The summed E-state index contributed by atoms with van der Waals surface area (Å²) in [6.07, 6.45) is 6.85. The SMILES string of the molecule is CCCN(CCN1CCN(C(N)c2ccc3[nH]ccc3c2)CC1)C1CCC2N=C(N)SC2C1. The lowest BCUT2D eigenvalue weighted by Gasteiger charge is -2.41. The summed E-state index contributed by atoms with van der Waals surface area (Å²) in [5.41, 5.74) is 15.0. The van der Waals surface area contributed by atoms with Gasteiger partial charge in [0.05, 0.1) is 12.2 Å². The Labute approximate surface area is 201 Å². The van der Waals surface area contributed by atoms with Crippen LogP contribution < -0.4 is 11.5 Å². The van der Waals surface area contributed by atoms with Crippen molar-refractivity contribution < 1.29 is 0 Å². The summed E-state index contributed by atoms with van der Waals surface area (Å²) in [6, 6.07) is 9.78. The van der Waals surface area contributed by atoms with Gasteiger partial charge in [0.2, 0.25) is 0 Å². The Balaban J connectivity index is 1.10. The molecule has 33 heavy (non-hydrogen) atoms. The van der Waals surface area contributed by atoms with Gasteiger partial charge in [0.25, 0.3) is 0 Å². The molecule has 2 fully saturated rings. The van der Waals surface area contributed by atoms with Crippen LogP contribution in [0.3, 0.4) is 0 Å². The number of H-pyrrole nitrogens is 1. The third kappa shape index (κ3) is 5.25. The summed E-state index contributed by atoms with van der Waals surface area (Å²) in [4.78, 5) is 15.7. The van der Waals surface area contributed by atoms with Crippen molar-refractivity contribution in [2.45, 2.75) is 56.1 Å². The van der Waals surface area contributed by atoms with Crippen molar-refractivity contribution in [3.63, 3.8) is 0 Å². The third-order valence-corrected chi connectivity index (χ3v) is 8.90. The zero-order chi connectivity index (χ0) is 22.8. The van der Waals surface area contributed by atoms with Crippen molar-refractivity contribution in [1.82, 2.24) is 19.7 Å². The van der Waals surface area contributed by atoms with E-state index < -0.39 is 0 Å². The second kappa shape index (κ2) is 10.4. The molecule has 4 unspecified atom stereocenters. The molecule has 2 aliphatic heterocycles. The first-order valence-corrected chi connectivity index (χ1v) is 13.5. The molecule has 5 rings (SSSR count). The zero-order valence-electron chi connectivity index (χ0n) is 19.8. The molecular weight excluding hydrogens is 430 g/mol. The highest BCUT2D eigenvalue weighted by molar-refractivity contribution is 8.14. The van der Waals surface area contributed by atoms with Crippen LogP contribution in [0.5, 0.6) is 0 Å². The van der Waals surface area contributed by atoms with Gasteiger partial charge in [0.1, 0.15) is 0 Å². The van der Waals surface area contributed by atoms with Crippen LogP contribution in [0.4, 0.5) is 0 Å². The number of hydrogen-bond acceptors (Lipinski definition) is 7. The van der Waals surface area contributed by atoms with Gasteiger partial charge in [-0.25, -0.2) is 0 Å². The number of nitrogens with one attached hydrogen (secondary N) is 1. The third-order valence-electron chi connectivity index (χ3n) is 7.74. The summed E-state index contributed by atoms with van der Waals surface area (Å²) in [6.45, 7) is 10.0. The van der Waals surface area contributed by atoms with Crippen molar-refractivity contribution in [3.8, 4) is 0 Å². The zero-order valence-corrected chi connectivity index (χ0v) is 20.6. The molecule has 0 spiro atoms. The van der Waals surface area contributed by atoms with Gasteiger partial charge in [-0.1, -0.05) is 24.8 Å². The van der Waals surface area contributed by atoms with Gasteiger partial charge in [-0.05, 0) is 61.4 Å². The van der Waals surface area contributed by atoms with Crippen LogP contribution in [-0.4, -0.2) is 88.0 Å². The van der Waals surface area contributed by atoms with E-state index in [1.54, 1.807) is 0 Å². The van der Waals surface area contributed by atoms with Crippen molar-refractivity contribution >= 4 is 27.8 Å². The maximum atomic E-state index is 6.66.